The Balaban J connectivity index is 0. The van der Waals surface area contributed by atoms with Gasteiger partial charge in [-0.15, -0.1) is 0 Å². The van der Waals surface area contributed by atoms with Gasteiger partial charge in [0.2, 0.25) is 0 Å². The summed E-state index contributed by atoms with van der Waals surface area (Å²) < 4.78 is 22.7. The van der Waals surface area contributed by atoms with Crippen molar-refractivity contribution in [1.82, 2.24) is 19.6 Å². The lowest BCUT2D eigenvalue weighted by Crippen LogP contribution is -2.32. The molecular formula is C77H146N4O10S2. The molecule has 0 heterocycles. The molecule has 0 aliphatic rings. The number of allylic oxidation sites excluding steroid dienone is 2. The van der Waals surface area contributed by atoms with Crippen LogP contribution in [0.2, 0.25) is 0 Å². The second-order valence-corrected chi connectivity index (χ2v) is 28.4. The van der Waals surface area contributed by atoms with Crippen LogP contribution in [0.5, 0.6) is 0 Å². The van der Waals surface area contributed by atoms with Crippen LogP contribution in [-0.2, 0) is 38.1 Å². The third-order valence-corrected chi connectivity index (χ3v) is 18.4. The van der Waals surface area contributed by atoms with E-state index < -0.39 is 0 Å². The zero-order valence-corrected chi connectivity index (χ0v) is 63.7. The molecule has 0 fully saturated rings. The maximum Gasteiger partial charge on any atom is 0.307 e. The normalized spacial score (nSPS) is 11.5. The smallest absolute Gasteiger partial charge is 0.307 e. The molecule has 0 spiro atoms. The number of esters is 4. The van der Waals surface area contributed by atoms with E-state index in [-0.39, 0.29) is 53.0 Å². The summed E-state index contributed by atoms with van der Waals surface area (Å²) in [5.41, 5.74) is 0. The molecule has 0 radical (unpaired) electrons. The Labute approximate surface area is 581 Å². The molecule has 16 heteroatoms. The van der Waals surface area contributed by atoms with Crippen LogP contribution >= 0.6 is 23.5 Å². The zero-order valence-electron chi connectivity index (χ0n) is 62.0. The molecule has 0 unspecified atom stereocenters. The molecule has 0 atom stereocenters. The first-order chi connectivity index (χ1) is 45.2. The summed E-state index contributed by atoms with van der Waals surface area (Å²) in [5, 5.41) is 0.0806. The summed E-state index contributed by atoms with van der Waals surface area (Å²) in [4.78, 5) is 84.0. The second-order valence-electron chi connectivity index (χ2n) is 26.3. The van der Waals surface area contributed by atoms with E-state index in [0.29, 0.717) is 70.8 Å². The Morgan fingerprint density at radius 3 is 0.968 bits per heavy atom. The van der Waals surface area contributed by atoms with Crippen LogP contribution in [0.3, 0.4) is 0 Å². The molecule has 0 rings (SSSR count). The molecule has 0 bridgehead atoms. The first kappa shape index (κ1) is 92.0. The molecule has 0 aliphatic heterocycles. The second kappa shape index (κ2) is 71.7. The highest BCUT2D eigenvalue weighted by atomic mass is 32.2. The van der Waals surface area contributed by atoms with Gasteiger partial charge < -0.3 is 38.5 Å². The molecule has 0 saturated carbocycles. The molecule has 546 valence electrons. The highest BCUT2D eigenvalue weighted by Gasteiger charge is 2.21. The van der Waals surface area contributed by atoms with E-state index >= 15 is 0 Å². The summed E-state index contributed by atoms with van der Waals surface area (Å²) in [7, 11) is 8.01. The van der Waals surface area contributed by atoms with Gasteiger partial charge in [-0.05, 0) is 137 Å². The molecule has 0 aliphatic carbocycles. The molecule has 0 aromatic rings. The van der Waals surface area contributed by atoms with Crippen LogP contribution in [0.4, 0.5) is 9.59 Å². The monoisotopic (exact) mass is 1350 g/mol. The van der Waals surface area contributed by atoms with Crippen molar-refractivity contribution in [2.24, 2.45) is 0 Å². The quantitative estimate of drug-likeness (QED) is 0.0246. The SMILES string of the molecule is CCCCCC/C=C\COC(=O)CCCCCN(CCC(=O)OC(CCCCCCC)CCCCCCC)C(=O)SCCN(C)C.CCCCCC/C=C\COC(=O)CCCCCN(CCCC(=O)OC(CCCCCCC)CCCCCCC)C(=O)SCCN(C)C. The Morgan fingerprint density at radius 2 is 0.613 bits per heavy atom. The van der Waals surface area contributed by atoms with Gasteiger partial charge in [0.25, 0.3) is 10.5 Å². The maximum absolute atomic E-state index is 13.1. The average Bonchev–Trinajstić information content (AvgIpc) is 3.04. The highest BCUT2D eigenvalue weighted by Crippen LogP contribution is 2.21. The molecule has 0 saturated heterocycles. The molecule has 0 aromatic heterocycles. The van der Waals surface area contributed by atoms with Gasteiger partial charge in [-0.3, -0.25) is 28.8 Å². The topological polar surface area (TPSA) is 152 Å². The van der Waals surface area contributed by atoms with Crippen LogP contribution in [0.25, 0.3) is 0 Å². The van der Waals surface area contributed by atoms with Gasteiger partial charge in [0.1, 0.15) is 25.4 Å². The fraction of sp³-hybridized carbons (Fsp3) is 0.870. The van der Waals surface area contributed by atoms with Gasteiger partial charge in [0, 0.05) is 70.0 Å². The number of carbonyl (C=O) groups is 6. The van der Waals surface area contributed by atoms with Gasteiger partial charge in [-0.1, -0.05) is 243 Å². The number of hydrogen-bond acceptors (Lipinski definition) is 14. The van der Waals surface area contributed by atoms with Gasteiger partial charge >= 0.3 is 23.9 Å². The van der Waals surface area contributed by atoms with Crippen molar-refractivity contribution in [3.8, 4) is 0 Å². The lowest BCUT2D eigenvalue weighted by molar-refractivity contribution is -0.151. The predicted molar refractivity (Wildman–Crippen MR) is 398 cm³/mol. The van der Waals surface area contributed by atoms with Crippen molar-refractivity contribution in [3.63, 3.8) is 0 Å². The van der Waals surface area contributed by atoms with Crippen molar-refractivity contribution < 1.29 is 47.7 Å². The minimum atomic E-state index is -0.194. The standard InChI is InChI=1S/C39H74N2O5S.C38H72N2O5S/c1-6-9-12-15-16-19-25-34-45-37(42)29-23-20-24-31-41(39(44)47-35-33-40(4)5)32-26-30-38(43)46-36(27-21-17-13-10-7-2)28-22-18-14-11-8-3;1-6-9-12-15-16-19-25-33-44-36(41)28-23-20-24-30-40(38(43)46-34-32-39(4)5)31-29-37(42)45-35(26-21-17-13-10-7-2)27-22-18-14-11-8-3/h19,25,36H,6-18,20-24,26-35H2,1-5H3;19,25,35H,6-18,20-24,26-34H2,1-5H3/b2*25-19-. The number of nitrogens with zero attached hydrogens (tertiary/aromatic N) is 4. The number of ether oxygens (including phenoxy) is 4. The minimum Gasteiger partial charge on any atom is -0.462 e. The first-order valence-electron chi connectivity index (χ1n) is 38.3. The summed E-state index contributed by atoms with van der Waals surface area (Å²) in [5.74, 6) is 0.795. The Kier molecular flexibility index (Phi) is 70.9. The zero-order chi connectivity index (χ0) is 68.9. The van der Waals surface area contributed by atoms with E-state index in [2.05, 4.69) is 63.5 Å². The van der Waals surface area contributed by atoms with Gasteiger partial charge in [-0.2, -0.15) is 0 Å². The van der Waals surface area contributed by atoms with E-state index in [1.165, 1.54) is 178 Å². The number of rotatable bonds is 65. The van der Waals surface area contributed by atoms with E-state index in [9.17, 15) is 28.8 Å². The molecule has 14 nitrogen and oxygen atoms in total. The fourth-order valence-corrected chi connectivity index (χ4v) is 12.6. The number of thioether (sulfide) groups is 2. The van der Waals surface area contributed by atoms with E-state index in [0.717, 1.165) is 122 Å². The molecular weight excluding hydrogens is 1200 g/mol. The van der Waals surface area contributed by atoms with Crippen molar-refractivity contribution in [2.75, 3.05) is 92.2 Å². The number of unbranched alkanes of at least 4 members (excludes halogenated alkanes) is 28. The fourth-order valence-electron chi connectivity index (χ4n) is 10.6. The summed E-state index contributed by atoms with van der Waals surface area (Å²) in [6, 6.07) is 0. The van der Waals surface area contributed by atoms with E-state index in [1.54, 1.807) is 4.90 Å². The molecule has 0 aromatic carbocycles. The van der Waals surface area contributed by atoms with Crippen molar-refractivity contribution in [1.29, 1.82) is 0 Å². The highest BCUT2D eigenvalue weighted by molar-refractivity contribution is 8.13. The first-order valence-corrected chi connectivity index (χ1v) is 40.3. The number of hydrogen-bond donors (Lipinski definition) is 0. The van der Waals surface area contributed by atoms with E-state index in [4.69, 9.17) is 18.9 Å². The van der Waals surface area contributed by atoms with Crippen LogP contribution in [-0.4, -0.2) is 158 Å². The Bertz CT molecular complexity index is 1760. The van der Waals surface area contributed by atoms with Crippen molar-refractivity contribution >= 4 is 57.9 Å². The Morgan fingerprint density at radius 1 is 0.312 bits per heavy atom. The van der Waals surface area contributed by atoms with E-state index in [1.807, 2.05) is 45.2 Å². The predicted octanol–water partition coefficient (Wildman–Crippen LogP) is 21.1. The maximum atomic E-state index is 13.1. The third-order valence-electron chi connectivity index (χ3n) is 16.6. The number of amides is 2. The molecule has 93 heavy (non-hydrogen) atoms. The summed E-state index contributed by atoms with van der Waals surface area (Å²) in [6.07, 6.45) is 54.8. The van der Waals surface area contributed by atoms with Gasteiger partial charge in [0.15, 0.2) is 0 Å². The molecule has 2 amide bonds. The van der Waals surface area contributed by atoms with Crippen molar-refractivity contribution in [2.45, 2.75) is 343 Å². The van der Waals surface area contributed by atoms with Gasteiger partial charge in [0.05, 0.1) is 6.42 Å². The van der Waals surface area contributed by atoms with Gasteiger partial charge in [-0.25, -0.2) is 0 Å². The largest absolute Gasteiger partial charge is 0.462 e. The average molecular weight is 1350 g/mol. The third kappa shape index (κ3) is 67.3. The van der Waals surface area contributed by atoms with Crippen molar-refractivity contribution in [3.05, 3.63) is 24.3 Å². The minimum absolute atomic E-state index is 0.0129. The summed E-state index contributed by atoms with van der Waals surface area (Å²) in [6.45, 7) is 17.8. The van der Waals surface area contributed by atoms with Crippen LogP contribution < -0.4 is 0 Å². The summed E-state index contributed by atoms with van der Waals surface area (Å²) >= 11 is 2.66. The lowest BCUT2D eigenvalue weighted by atomic mass is 10.0. The lowest BCUT2D eigenvalue weighted by Gasteiger charge is -2.23. The van der Waals surface area contributed by atoms with Crippen LogP contribution in [0.15, 0.2) is 24.3 Å². The van der Waals surface area contributed by atoms with Crippen LogP contribution in [0.1, 0.15) is 330 Å². The number of carbonyl (C=O) groups excluding carboxylic acids is 6. The van der Waals surface area contributed by atoms with Crippen LogP contribution in [0, 0.1) is 0 Å². The Hall–Kier alpha value is -3.08. The molecule has 0 N–H and O–H groups in total.